The molecule has 31 heavy (non-hydrogen) atoms. The lowest BCUT2D eigenvalue weighted by Crippen LogP contribution is -2.39. The van der Waals surface area contributed by atoms with Crippen LogP contribution in [0.1, 0.15) is 18.4 Å². The summed E-state index contributed by atoms with van der Waals surface area (Å²) in [6.45, 7) is 1.32. The molecule has 5 rings (SSSR count). The number of anilines is 2. The molecule has 4 aromatic rings. The number of nitrogens with one attached hydrogen (secondary N) is 1. The lowest BCUT2D eigenvalue weighted by atomic mass is 9.98. The molecule has 1 saturated heterocycles. The van der Waals surface area contributed by atoms with E-state index in [4.69, 9.17) is 5.26 Å². The molecule has 154 valence electrons. The van der Waals surface area contributed by atoms with Gasteiger partial charge >= 0.3 is 0 Å². The Balaban J connectivity index is 1.30. The first-order chi connectivity index (χ1) is 15.2. The number of benzene rings is 2. The molecule has 0 aliphatic carbocycles. The van der Waals surface area contributed by atoms with Crippen LogP contribution >= 0.6 is 0 Å². The Kier molecular flexibility index (Phi) is 4.88. The predicted molar refractivity (Wildman–Crippen MR) is 114 cm³/mol. The Hall–Kier alpha value is -4.06. The molecule has 9 nitrogen and oxygen atoms in total. The fourth-order valence-electron chi connectivity index (χ4n) is 3.88. The van der Waals surface area contributed by atoms with Crippen molar-refractivity contribution in [3.8, 4) is 6.07 Å². The van der Waals surface area contributed by atoms with Crippen LogP contribution in [0.2, 0.25) is 0 Å². The lowest BCUT2D eigenvalue weighted by molar-refractivity contribution is -0.131. The molecule has 0 unspecified atom stereocenters. The van der Waals surface area contributed by atoms with Crippen molar-refractivity contribution in [3.05, 3.63) is 54.1 Å². The molecule has 1 amide bonds. The van der Waals surface area contributed by atoms with Gasteiger partial charge in [0, 0.05) is 24.7 Å². The van der Waals surface area contributed by atoms with Crippen LogP contribution < -0.4 is 5.32 Å². The molecule has 0 bridgehead atoms. The number of hydrogen-bond acceptors (Lipinski definition) is 7. The molecular weight excluding hydrogens is 392 g/mol. The zero-order valence-corrected chi connectivity index (χ0v) is 16.8. The molecule has 2 aromatic carbocycles. The first-order valence-corrected chi connectivity index (χ1v) is 10.2. The van der Waals surface area contributed by atoms with Crippen molar-refractivity contribution in [3.63, 3.8) is 0 Å². The number of tetrazole rings is 1. The van der Waals surface area contributed by atoms with Crippen LogP contribution in [0.3, 0.4) is 0 Å². The zero-order chi connectivity index (χ0) is 21.2. The smallest absolute Gasteiger partial charge is 0.226 e. The maximum atomic E-state index is 12.6. The molecule has 0 atom stereocenters. The third-order valence-electron chi connectivity index (χ3n) is 5.63. The molecule has 0 saturated carbocycles. The number of hydrogen-bond donors (Lipinski definition) is 1. The quantitative estimate of drug-likeness (QED) is 0.548. The fraction of sp³-hybridized carbons (Fsp3) is 0.273. The van der Waals surface area contributed by atoms with Gasteiger partial charge in [0.2, 0.25) is 11.6 Å². The molecule has 1 aliphatic heterocycles. The van der Waals surface area contributed by atoms with Gasteiger partial charge in [0.15, 0.2) is 5.82 Å². The molecule has 0 radical (unpaired) electrons. The predicted octanol–water partition coefficient (Wildman–Crippen LogP) is 2.72. The van der Waals surface area contributed by atoms with Gasteiger partial charge in [-0.1, -0.05) is 24.3 Å². The number of fused-ring (bicyclic) bond motifs is 3. The molecule has 0 spiro atoms. The summed E-state index contributed by atoms with van der Waals surface area (Å²) < 4.78 is 1.66. The number of carbonyl (C=O) groups excluding carboxylic acids is 1. The Bertz CT molecular complexity index is 1280. The number of nitriles is 1. The number of piperidine rings is 1. The van der Waals surface area contributed by atoms with E-state index in [1.54, 1.807) is 4.52 Å². The molecule has 1 fully saturated rings. The summed E-state index contributed by atoms with van der Waals surface area (Å²) in [4.78, 5) is 19.1. The highest BCUT2D eigenvalue weighted by Gasteiger charge is 2.22. The van der Waals surface area contributed by atoms with E-state index in [0.29, 0.717) is 31.0 Å². The van der Waals surface area contributed by atoms with E-state index >= 15 is 0 Å². The molecule has 1 N–H and O–H groups in total. The summed E-state index contributed by atoms with van der Waals surface area (Å²) in [6, 6.07) is 17.7. The maximum absolute atomic E-state index is 12.6. The minimum Gasteiger partial charge on any atom is -0.342 e. The largest absolute Gasteiger partial charge is 0.342 e. The highest BCUT2D eigenvalue weighted by Crippen LogP contribution is 2.23. The van der Waals surface area contributed by atoms with E-state index < -0.39 is 0 Å². The van der Waals surface area contributed by atoms with Crippen LogP contribution in [-0.4, -0.2) is 48.9 Å². The maximum Gasteiger partial charge on any atom is 0.226 e. The van der Waals surface area contributed by atoms with Crippen LogP contribution in [0.4, 0.5) is 11.5 Å². The van der Waals surface area contributed by atoms with Crippen molar-refractivity contribution in [2.45, 2.75) is 19.3 Å². The summed E-state index contributed by atoms with van der Waals surface area (Å²) >= 11 is 0. The molecule has 3 heterocycles. The van der Waals surface area contributed by atoms with E-state index in [0.717, 1.165) is 35.1 Å². The minimum atomic E-state index is 0.0741. The van der Waals surface area contributed by atoms with Crippen molar-refractivity contribution in [1.29, 1.82) is 5.26 Å². The third-order valence-corrected chi connectivity index (χ3v) is 5.63. The first kappa shape index (κ1) is 18.9. The molecular formula is C22H20N8O. The van der Waals surface area contributed by atoms with Gasteiger partial charge in [0.05, 0.1) is 23.5 Å². The number of carbonyl (C=O) groups is 1. The van der Waals surface area contributed by atoms with E-state index in [2.05, 4.69) is 31.9 Å². The Morgan fingerprint density at radius 2 is 1.90 bits per heavy atom. The number of likely N-dealkylation sites (tertiary alicyclic amines) is 1. The summed E-state index contributed by atoms with van der Waals surface area (Å²) in [7, 11) is 0. The molecule has 9 heteroatoms. The standard InChI is InChI=1S/C22H20N8O/c23-14-16-9-11-29(12-10-16)20(31)13-15-5-7-17(8-6-15)24-21-22-26-27-28-30(22)19-4-2-1-3-18(19)25-21/h1-8,16H,9-13H2,(H,24,25). The van der Waals surface area contributed by atoms with Gasteiger partial charge in [-0.25, -0.2) is 4.98 Å². The number of amides is 1. The summed E-state index contributed by atoms with van der Waals surface area (Å²) in [5, 5.41) is 24.2. The number of aromatic nitrogens is 5. The van der Waals surface area contributed by atoms with Crippen LogP contribution in [0.5, 0.6) is 0 Å². The number of nitrogens with zero attached hydrogens (tertiary/aromatic N) is 7. The lowest BCUT2D eigenvalue weighted by Gasteiger charge is -2.29. The van der Waals surface area contributed by atoms with Gasteiger partial charge in [0.1, 0.15) is 0 Å². The second-order valence-corrected chi connectivity index (χ2v) is 7.65. The van der Waals surface area contributed by atoms with E-state index in [1.165, 1.54) is 0 Å². The van der Waals surface area contributed by atoms with Gasteiger partial charge in [-0.15, -0.1) is 5.10 Å². The average molecular weight is 412 g/mol. The van der Waals surface area contributed by atoms with Gasteiger partial charge in [-0.05, 0) is 53.1 Å². The normalized spacial score (nSPS) is 14.6. The van der Waals surface area contributed by atoms with Gasteiger partial charge < -0.3 is 10.2 Å². The number of rotatable bonds is 4. The monoisotopic (exact) mass is 412 g/mol. The average Bonchev–Trinajstić information content (AvgIpc) is 3.31. The Morgan fingerprint density at radius 3 is 2.68 bits per heavy atom. The van der Waals surface area contributed by atoms with Crippen LogP contribution in [0.15, 0.2) is 48.5 Å². The Labute approximate surface area is 178 Å². The van der Waals surface area contributed by atoms with Crippen molar-refractivity contribution < 1.29 is 4.79 Å². The Morgan fingerprint density at radius 1 is 1.13 bits per heavy atom. The van der Waals surface area contributed by atoms with Crippen LogP contribution in [0, 0.1) is 17.2 Å². The third kappa shape index (κ3) is 3.75. The van der Waals surface area contributed by atoms with E-state index in [1.807, 2.05) is 53.4 Å². The van der Waals surface area contributed by atoms with Gasteiger partial charge in [-0.2, -0.15) is 9.78 Å². The molecule has 1 aliphatic rings. The van der Waals surface area contributed by atoms with Gasteiger partial charge in [0.25, 0.3) is 0 Å². The summed E-state index contributed by atoms with van der Waals surface area (Å²) in [6.07, 6.45) is 1.87. The summed E-state index contributed by atoms with van der Waals surface area (Å²) in [5.74, 6) is 0.738. The van der Waals surface area contributed by atoms with Crippen molar-refractivity contribution in [2.75, 3.05) is 18.4 Å². The van der Waals surface area contributed by atoms with E-state index in [9.17, 15) is 4.79 Å². The van der Waals surface area contributed by atoms with Crippen LogP contribution in [-0.2, 0) is 11.2 Å². The highest BCUT2D eigenvalue weighted by molar-refractivity contribution is 5.83. The van der Waals surface area contributed by atoms with Crippen molar-refractivity contribution in [1.82, 2.24) is 29.9 Å². The summed E-state index contributed by atoms with van der Waals surface area (Å²) in [5.41, 5.74) is 3.93. The van der Waals surface area contributed by atoms with Crippen molar-refractivity contribution in [2.24, 2.45) is 5.92 Å². The van der Waals surface area contributed by atoms with Crippen molar-refractivity contribution >= 4 is 34.1 Å². The van der Waals surface area contributed by atoms with E-state index in [-0.39, 0.29) is 11.8 Å². The minimum absolute atomic E-state index is 0.0741. The highest BCUT2D eigenvalue weighted by atomic mass is 16.2. The topological polar surface area (TPSA) is 112 Å². The zero-order valence-electron chi connectivity index (χ0n) is 16.8. The fourth-order valence-corrected chi connectivity index (χ4v) is 3.88. The second-order valence-electron chi connectivity index (χ2n) is 7.65. The van der Waals surface area contributed by atoms with Crippen LogP contribution in [0.25, 0.3) is 16.7 Å². The SMILES string of the molecule is N#CC1CCN(C(=O)Cc2ccc(Nc3nc4ccccc4n4nnnc34)cc2)CC1. The molecule has 2 aromatic heterocycles. The number of para-hydroxylation sites is 2. The second kappa shape index (κ2) is 7.99. The first-order valence-electron chi connectivity index (χ1n) is 10.2. The van der Waals surface area contributed by atoms with Gasteiger partial charge in [-0.3, -0.25) is 4.79 Å².